The zero-order chi connectivity index (χ0) is 18.3. The summed E-state index contributed by atoms with van der Waals surface area (Å²) in [5, 5.41) is 9.42. The quantitative estimate of drug-likeness (QED) is 0.773. The Kier molecular flexibility index (Phi) is 4.39. The molecule has 1 saturated carbocycles. The van der Waals surface area contributed by atoms with E-state index in [2.05, 4.69) is 16.0 Å². The van der Waals surface area contributed by atoms with Crippen molar-refractivity contribution in [2.45, 2.75) is 51.7 Å². The van der Waals surface area contributed by atoms with Crippen LogP contribution in [0.5, 0.6) is 5.75 Å². The second kappa shape index (κ2) is 6.58. The molecule has 3 unspecified atom stereocenters. The molecule has 1 aliphatic carbocycles. The third kappa shape index (κ3) is 3.07. The lowest BCUT2D eigenvalue weighted by Crippen LogP contribution is -2.36. The number of piperidine rings is 1. The van der Waals surface area contributed by atoms with E-state index in [1.165, 1.54) is 0 Å². The van der Waals surface area contributed by atoms with Crippen LogP contribution in [-0.2, 0) is 9.59 Å². The van der Waals surface area contributed by atoms with E-state index in [0.717, 1.165) is 37.9 Å². The van der Waals surface area contributed by atoms with Gasteiger partial charge in [-0.3, -0.25) is 9.59 Å². The lowest BCUT2D eigenvalue weighted by atomic mass is 9.91. The Labute approximate surface area is 154 Å². The molecule has 1 aromatic rings. The summed E-state index contributed by atoms with van der Waals surface area (Å²) in [6.07, 6.45) is 3.40. The fourth-order valence-electron chi connectivity index (χ4n) is 4.29. The summed E-state index contributed by atoms with van der Waals surface area (Å²) < 4.78 is 5.81. The number of anilines is 1. The number of rotatable bonds is 4. The minimum atomic E-state index is -0.450. The summed E-state index contributed by atoms with van der Waals surface area (Å²) >= 11 is 0. The zero-order valence-corrected chi connectivity index (χ0v) is 15.4. The summed E-state index contributed by atoms with van der Waals surface area (Å²) in [5.41, 5.74) is 1.92. The highest BCUT2D eigenvalue weighted by atomic mass is 16.5. The summed E-state index contributed by atoms with van der Waals surface area (Å²) in [7, 11) is 0. The van der Waals surface area contributed by atoms with E-state index < -0.39 is 6.10 Å². The third-order valence-electron chi connectivity index (χ3n) is 6.16. The SMILES string of the molecule is CCC1Oc2cc(C(C)NC(=O)C3CC34CCNCC4)ccc2NC1=O. The highest BCUT2D eigenvalue weighted by Crippen LogP contribution is 2.58. The Morgan fingerprint density at radius 3 is 2.88 bits per heavy atom. The monoisotopic (exact) mass is 357 g/mol. The van der Waals surface area contributed by atoms with Crippen molar-refractivity contribution >= 4 is 17.5 Å². The van der Waals surface area contributed by atoms with Gasteiger partial charge in [-0.25, -0.2) is 0 Å². The van der Waals surface area contributed by atoms with Gasteiger partial charge < -0.3 is 20.7 Å². The fraction of sp³-hybridized carbons (Fsp3) is 0.600. The van der Waals surface area contributed by atoms with Crippen LogP contribution in [0, 0.1) is 11.3 Å². The van der Waals surface area contributed by atoms with E-state index in [4.69, 9.17) is 4.74 Å². The van der Waals surface area contributed by atoms with Crippen LogP contribution in [0.25, 0.3) is 0 Å². The third-order valence-corrected chi connectivity index (χ3v) is 6.16. The van der Waals surface area contributed by atoms with Crippen LogP contribution >= 0.6 is 0 Å². The molecular weight excluding hydrogens is 330 g/mol. The molecule has 26 heavy (non-hydrogen) atoms. The number of carbonyl (C=O) groups excluding carboxylic acids is 2. The molecule has 0 radical (unpaired) electrons. The lowest BCUT2D eigenvalue weighted by Gasteiger charge is -2.26. The van der Waals surface area contributed by atoms with Gasteiger partial charge in [0.05, 0.1) is 11.7 Å². The molecule has 2 amide bonds. The smallest absolute Gasteiger partial charge is 0.265 e. The molecule has 2 aliphatic heterocycles. The predicted molar refractivity (Wildman–Crippen MR) is 99.0 cm³/mol. The first-order chi connectivity index (χ1) is 12.5. The van der Waals surface area contributed by atoms with Gasteiger partial charge in [0.15, 0.2) is 6.10 Å². The van der Waals surface area contributed by atoms with Crippen molar-refractivity contribution < 1.29 is 14.3 Å². The van der Waals surface area contributed by atoms with Crippen molar-refractivity contribution in [1.29, 1.82) is 0 Å². The van der Waals surface area contributed by atoms with Gasteiger partial charge in [0.2, 0.25) is 5.91 Å². The van der Waals surface area contributed by atoms with Gasteiger partial charge in [-0.2, -0.15) is 0 Å². The van der Waals surface area contributed by atoms with E-state index >= 15 is 0 Å². The number of hydrogen-bond acceptors (Lipinski definition) is 4. The molecule has 6 nitrogen and oxygen atoms in total. The molecule has 140 valence electrons. The van der Waals surface area contributed by atoms with Crippen molar-refractivity contribution in [3.63, 3.8) is 0 Å². The van der Waals surface area contributed by atoms with Gasteiger partial charge in [0.25, 0.3) is 5.91 Å². The summed E-state index contributed by atoms with van der Waals surface area (Å²) in [6.45, 7) is 5.96. The molecule has 2 heterocycles. The molecule has 0 bridgehead atoms. The molecule has 0 aromatic heterocycles. The Morgan fingerprint density at radius 2 is 2.15 bits per heavy atom. The Bertz CT molecular complexity index is 727. The van der Waals surface area contributed by atoms with Crippen molar-refractivity contribution in [1.82, 2.24) is 10.6 Å². The molecule has 3 aliphatic rings. The van der Waals surface area contributed by atoms with Gasteiger partial charge >= 0.3 is 0 Å². The lowest BCUT2D eigenvalue weighted by molar-refractivity contribution is -0.124. The maximum Gasteiger partial charge on any atom is 0.265 e. The van der Waals surface area contributed by atoms with Crippen LogP contribution in [0.1, 0.15) is 51.1 Å². The predicted octanol–water partition coefficient (Wildman–Crippen LogP) is 2.36. The van der Waals surface area contributed by atoms with Gasteiger partial charge in [0.1, 0.15) is 5.75 Å². The fourth-order valence-corrected chi connectivity index (χ4v) is 4.29. The van der Waals surface area contributed by atoms with Crippen LogP contribution in [0.15, 0.2) is 18.2 Å². The largest absolute Gasteiger partial charge is 0.478 e. The van der Waals surface area contributed by atoms with Crippen LogP contribution in [0.2, 0.25) is 0 Å². The Hall–Kier alpha value is -2.08. The number of ether oxygens (including phenoxy) is 1. The number of carbonyl (C=O) groups is 2. The van der Waals surface area contributed by atoms with Crippen molar-refractivity contribution in [3.05, 3.63) is 23.8 Å². The highest BCUT2D eigenvalue weighted by molar-refractivity contribution is 5.97. The summed E-state index contributed by atoms with van der Waals surface area (Å²) in [5.74, 6) is 0.897. The van der Waals surface area contributed by atoms with E-state index in [9.17, 15) is 9.59 Å². The van der Waals surface area contributed by atoms with Crippen molar-refractivity contribution in [2.75, 3.05) is 18.4 Å². The first-order valence-electron chi connectivity index (χ1n) is 9.65. The zero-order valence-electron chi connectivity index (χ0n) is 15.4. The first-order valence-corrected chi connectivity index (χ1v) is 9.65. The average molecular weight is 357 g/mol. The summed E-state index contributed by atoms with van der Waals surface area (Å²) in [6, 6.07) is 5.62. The number of nitrogens with one attached hydrogen (secondary N) is 3. The number of hydrogen-bond donors (Lipinski definition) is 3. The van der Waals surface area contributed by atoms with Crippen LogP contribution in [-0.4, -0.2) is 31.0 Å². The number of fused-ring (bicyclic) bond motifs is 1. The first kappa shape index (κ1) is 17.3. The van der Waals surface area contributed by atoms with E-state index in [1.54, 1.807) is 0 Å². The highest BCUT2D eigenvalue weighted by Gasteiger charge is 2.57. The molecular formula is C20H27N3O3. The van der Waals surface area contributed by atoms with Crippen LogP contribution in [0.4, 0.5) is 5.69 Å². The molecule has 4 rings (SSSR count). The molecule has 1 saturated heterocycles. The van der Waals surface area contributed by atoms with E-state index in [-0.39, 0.29) is 29.2 Å². The van der Waals surface area contributed by atoms with Crippen molar-refractivity contribution in [3.8, 4) is 5.75 Å². The minimum Gasteiger partial charge on any atom is -0.478 e. The van der Waals surface area contributed by atoms with Gasteiger partial charge in [-0.1, -0.05) is 13.0 Å². The van der Waals surface area contributed by atoms with Crippen LogP contribution < -0.4 is 20.7 Å². The molecule has 6 heteroatoms. The molecule has 2 fully saturated rings. The summed E-state index contributed by atoms with van der Waals surface area (Å²) in [4.78, 5) is 24.6. The Morgan fingerprint density at radius 1 is 1.38 bits per heavy atom. The van der Waals surface area contributed by atoms with E-state index in [0.29, 0.717) is 17.9 Å². The second-order valence-electron chi connectivity index (χ2n) is 7.86. The molecule has 3 N–H and O–H groups in total. The molecule has 3 atom stereocenters. The Balaban J connectivity index is 1.42. The topological polar surface area (TPSA) is 79.5 Å². The standard InChI is InChI=1S/C20H27N3O3/c1-3-16-19(25)23-15-5-4-13(10-17(15)26-16)12(2)22-18(24)14-11-20(14)6-8-21-9-7-20/h4-5,10,12,14,16,21H,3,6-9,11H2,1-2H3,(H,22,24)(H,23,25). The molecule has 1 aromatic carbocycles. The van der Waals surface area contributed by atoms with Crippen molar-refractivity contribution in [2.24, 2.45) is 11.3 Å². The molecule has 1 spiro atoms. The normalized spacial score (nSPS) is 27.1. The second-order valence-corrected chi connectivity index (χ2v) is 7.86. The minimum absolute atomic E-state index is 0.0894. The van der Waals surface area contributed by atoms with Gasteiger partial charge in [-0.15, -0.1) is 0 Å². The van der Waals surface area contributed by atoms with E-state index in [1.807, 2.05) is 32.0 Å². The maximum atomic E-state index is 12.7. The maximum absolute atomic E-state index is 12.7. The number of benzene rings is 1. The average Bonchev–Trinajstić information content (AvgIpc) is 3.34. The van der Waals surface area contributed by atoms with Gasteiger partial charge in [0, 0.05) is 5.92 Å². The van der Waals surface area contributed by atoms with Crippen LogP contribution in [0.3, 0.4) is 0 Å². The van der Waals surface area contributed by atoms with Gasteiger partial charge in [-0.05, 0) is 68.8 Å². The number of amides is 2.